The minimum Gasteiger partial charge on any atom is -0.299 e. The fourth-order valence-electron chi connectivity index (χ4n) is 3.25. The van der Waals surface area contributed by atoms with Crippen LogP contribution in [0.4, 0.5) is 0 Å². The molecule has 1 aromatic carbocycles. The smallest absolute Gasteiger partial charge is 0.137 e. The second-order valence-corrected chi connectivity index (χ2v) is 6.13. The van der Waals surface area contributed by atoms with E-state index in [9.17, 15) is 4.79 Å². The van der Waals surface area contributed by atoms with E-state index in [-0.39, 0.29) is 0 Å². The first-order valence-electron chi connectivity index (χ1n) is 7.73. The van der Waals surface area contributed by atoms with Gasteiger partial charge in [-0.15, -0.1) is 0 Å². The Bertz CT molecular complexity index is 407. The molecule has 104 valence electrons. The monoisotopic (exact) mass is 258 g/mol. The van der Waals surface area contributed by atoms with Crippen LogP contribution in [0.25, 0.3) is 0 Å². The van der Waals surface area contributed by atoms with E-state index >= 15 is 0 Å². The molecule has 1 saturated carbocycles. The topological polar surface area (TPSA) is 17.1 Å². The molecule has 0 radical (unpaired) electrons. The third kappa shape index (κ3) is 4.19. The van der Waals surface area contributed by atoms with Gasteiger partial charge in [0.2, 0.25) is 0 Å². The Labute approximate surface area is 117 Å². The molecule has 1 fully saturated rings. The van der Waals surface area contributed by atoms with Gasteiger partial charge in [0.15, 0.2) is 0 Å². The zero-order chi connectivity index (χ0) is 13.7. The summed E-state index contributed by atoms with van der Waals surface area (Å²) in [6.07, 6.45) is 9.35. The number of aryl methyl sites for hydroxylation is 2. The van der Waals surface area contributed by atoms with Crippen molar-refractivity contribution < 1.29 is 4.79 Å². The van der Waals surface area contributed by atoms with E-state index in [1.807, 2.05) is 0 Å². The molecule has 2 rings (SSSR count). The van der Waals surface area contributed by atoms with Gasteiger partial charge in [-0.25, -0.2) is 0 Å². The highest BCUT2D eigenvalue weighted by atomic mass is 16.1. The van der Waals surface area contributed by atoms with Crippen LogP contribution in [0.5, 0.6) is 0 Å². The van der Waals surface area contributed by atoms with Crippen LogP contribution in [0.2, 0.25) is 0 Å². The Kier molecular flexibility index (Phi) is 5.18. The molecular formula is C18H26O. The first kappa shape index (κ1) is 14.3. The summed E-state index contributed by atoms with van der Waals surface area (Å²) in [4.78, 5) is 12.2. The van der Waals surface area contributed by atoms with Crippen LogP contribution in [0.15, 0.2) is 18.2 Å². The summed E-state index contributed by atoms with van der Waals surface area (Å²) in [5, 5.41) is 0. The quantitative estimate of drug-likeness (QED) is 0.743. The average Bonchev–Trinajstić information content (AvgIpc) is 2.42. The number of rotatable bonds is 5. The summed E-state index contributed by atoms with van der Waals surface area (Å²) < 4.78 is 0. The van der Waals surface area contributed by atoms with E-state index in [0.717, 1.165) is 18.8 Å². The molecule has 1 aliphatic rings. The summed E-state index contributed by atoms with van der Waals surface area (Å²) in [6, 6.07) is 6.29. The van der Waals surface area contributed by atoms with Crippen LogP contribution >= 0.6 is 0 Å². The molecule has 1 nitrogen and oxygen atoms in total. The van der Waals surface area contributed by atoms with Gasteiger partial charge in [0, 0.05) is 12.8 Å². The molecule has 0 aromatic heterocycles. The SMILES string of the molecule is Cc1cccc(C)c1CC(=O)CCC1CCCCC1. The number of carbonyl (C=O) groups excluding carboxylic acids is 1. The van der Waals surface area contributed by atoms with Crippen LogP contribution in [0, 0.1) is 19.8 Å². The predicted molar refractivity (Wildman–Crippen MR) is 80.4 cm³/mol. The zero-order valence-electron chi connectivity index (χ0n) is 12.4. The molecule has 0 N–H and O–H groups in total. The first-order valence-corrected chi connectivity index (χ1v) is 7.73. The summed E-state index contributed by atoms with van der Waals surface area (Å²) in [7, 11) is 0. The summed E-state index contributed by atoms with van der Waals surface area (Å²) in [5.74, 6) is 1.23. The van der Waals surface area contributed by atoms with Gasteiger partial charge >= 0.3 is 0 Å². The van der Waals surface area contributed by atoms with E-state index < -0.39 is 0 Å². The predicted octanol–water partition coefficient (Wildman–Crippen LogP) is 4.78. The van der Waals surface area contributed by atoms with Crippen molar-refractivity contribution in [1.82, 2.24) is 0 Å². The highest BCUT2D eigenvalue weighted by Gasteiger charge is 2.15. The van der Waals surface area contributed by atoms with Gasteiger partial charge in [-0.1, -0.05) is 50.3 Å². The van der Waals surface area contributed by atoms with Crippen molar-refractivity contribution in [2.45, 2.75) is 65.2 Å². The average molecular weight is 258 g/mol. The summed E-state index contributed by atoms with van der Waals surface area (Å²) in [6.45, 7) is 4.22. The van der Waals surface area contributed by atoms with Gasteiger partial charge in [-0.3, -0.25) is 4.79 Å². The molecule has 1 aliphatic carbocycles. The third-order valence-electron chi connectivity index (χ3n) is 4.57. The Hall–Kier alpha value is -1.11. The lowest BCUT2D eigenvalue weighted by Crippen LogP contribution is -2.11. The molecule has 1 aromatic rings. The molecule has 0 atom stereocenters. The van der Waals surface area contributed by atoms with Gasteiger partial charge in [-0.2, -0.15) is 0 Å². The minimum absolute atomic E-state index is 0.419. The normalized spacial score (nSPS) is 16.5. The third-order valence-corrected chi connectivity index (χ3v) is 4.57. The van der Waals surface area contributed by atoms with Gasteiger partial charge < -0.3 is 0 Å². The highest BCUT2D eigenvalue weighted by molar-refractivity contribution is 5.81. The molecule has 0 amide bonds. The van der Waals surface area contributed by atoms with E-state index in [2.05, 4.69) is 32.0 Å². The van der Waals surface area contributed by atoms with Gasteiger partial charge in [0.05, 0.1) is 0 Å². The van der Waals surface area contributed by atoms with Crippen molar-refractivity contribution in [1.29, 1.82) is 0 Å². The Morgan fingerprint density at radius 3 is 2.37 bits per heavy atom. The number of hydrogen-bond donors (Lipinski definition) is 0. The molecule has 0 heterocycles. The molecule has 0 bridgehead atoms. The van der Waals surface area contributed by atoms with E-state index in [1.54, 1.807) is 0 Å². The van der Waals surface area contributed by atoms with Gasteiger partial charge in [0.25, 0.3) is 0 Å². The molecule has 19 heavy (non-hydrogen) atoms. The second kappa shape index (κ2) is 6.88. The van der Waals surface area contributed by atoms with E-state index in [1.165, 1.54) is 48.8 Å². The standard InChI is InChI=1S/C18H26O/c1-14-7-6-8-15(2)18(14)13-17(19)12-11-16-9-4-3-5-10-16/h6-8,16H,3-5,9-13H2,1-2H3. The first-order chi connectivity index (χ1) is 9.16. The maximum absolute atomic E-state index is 12.2. The van der Waals surface area contributed by atoms with Crippen molar-refractivity contribution in [2.75, 3.05) is 0 Å². The van der Waals surface area contributed by atoms with Crippen LogP contribution in [-0.4, -0.2) is 5.78 Å². The summed E-state index contributed by atoms with van der Waals surface area (Å²) in [5.41, 5.74) is 3.76. The van der Waals surface area contributed by atoms with Gasteiger partial charge in [0.1, 0.15) is 5.78 Å². The van der Waals surface area contributed by atoms with Crippen LogP contribution < -0.4 is 0 Å². The Morgan fingerprint density at radius 1 is 1.11 bits per heavy atom. The number of carbonyl (C=O) groups is 1. The van der Waals surface area contributed by atoms with Crippen molar-refractivity contribution >= 4 is 5.78 Å². The van der Waals surface area contributed by atoms with Gasteiger partial charge in [-0.05, 0) is 42.9 Å². The van der Waals surface area contributed by atoms with Crippen molar-refractivity contribution in [2.24, 2.45) is 5.92 Å². The highest BCUT2D eigenvalue weighted by Crippen LogP contribution is 2.27. The van der Waals surface area contributed by atoms with Crippen LogP contribution in [0.1, 0.15) is 61.6 Å². The maximum atomic E-state index is 12.2. The van der Waals surface area contributed by atoms with Crippen LogP contribution in [0.3, 0.4) is 0 Å². The van der Waals surface area contributed by atoms with E-state index in [4.69, 9.17) is 0 Å². The van der Waals surface area contributed by atoms with Crippen molar-refractivity contribution in [3.05, 3.63) is 34.9 Å². The molecule has 0 saturated heterocycles. The fraction of sp³-hybridized carbons (Fsp3) is 0.611. The summed E-state index contributed by atoms with van der Waals surface area (Å²) >= 11 is 0. The van der Waals surface area contributed by atoms with E-state index in [0.29, 0.717) is 12.2 Å². The lowest BCUT2D eigenvalue weighted by Gasteiger charge is -2.21. The maximum Gasteiger partial charge on any atom is 0.137 e. The molecule has 1 heteroatoms. The van der Waals surface area contributed by atoms with Crippen LogP contribution in [-0.2, 0) is 11.2 Å². The van der Waals surface area contributed by atoms with Crippen molar-refractivity contribution in [3.63, 3.8) is 0 Å². The number of ketones is 1. The lowest BCUT2D eigenvalue weighted by atomic mass is 9.85. The number of hydrogen-bond acceptors (Lipinski definition) is 1. The number of benzene rings is 1. The number of Topliss-reactive ketones (excluding diaryl/α,β-unsaturated/α-hetero) is 1. The molecule has 0 spiro atoms. The minimum atomic E-state index is 0.419. The Morgan fingerprint density at radius 2 is 1.74 bits per heavy atom. The van der Waals surface area contributed by atoms with Crippen molar-refractivity contribution in [3.8, 4) is 0 Å². The Balaban J connectivity index is 1.83. The lowest BCUT2D eigenvalue weighted by molar-refractivity contribution is -0.118. The molecule has 0 aliphatic heterocycles. The second-order valence-electron chi connectivity index (χ2n) is 6.13. The zero-order valence-corrected chi connectivity index (χ0v) is 12.4. The largest absolute Gasteiger partial charge is 0.299 e. The fourth-order valence-corrected chi connectivity index (χ4v) is 3.25. The molecular weight excluding hydrogens is 232 g/mol. The molecule has 0 unspecified atom stereocenters.